The van der Waals surface area contributed by atoms with E-state index >= 15 is 0 Å². The number of aliphatic hydroxyl groups is 11. The quantitative estimate of drug-likeness (QED) is 0.0461. The molecule has 0 spiro atoms. The van der Waals surface area contributed by atoms with Crippen molar-refractivity contribution in [2.24, 2.45) is 0 Å². The fourth-order valence-electron chi connectivity index (χ4n) is 8.10. The lowest BCUT2D eigenvalue weighted by molar-refractivity contribution is -0.409. The maximum absolute atomic E-state index is 11.5. The van der Waals surface area contributed by atoms with Gasteiger partial charge < -0.3 is 99.2 Å². The van der Waals surface area contributed by atoms with E-state index in [1.807, 2.05) is 0 Å². The summed E-state index contributed by atoms with van der Waals surface area (Å²) in [7, 11) is 0. The molecule has 0 unspecified atom stereocenters. The smallest absolute Gasteiger partial charge is 0.303 e. The Balaban J connectivity index is 1.60. The molecule has 21 heteroatoms. The van der Waals surface area contributed by atoms with Gasteiger partial charge in [0, 0.05) is 6.42 Å². The van der Waals surface area contributed by atoms with E-state index < -0.39 is 142 Å². The number of hydrogen-bond donors (Lipinski definition) is 12. The van der Waals surface area contributed by atoms with Gasteiger partial charge >= 0.3 is 5.97 Å². The molecule has 4 rings (SSSR count). The third-order valence-electron chi connectivity index (χ3n) is 12.0. The highest BCUT2D eigenvalue weighted by molar-refractivity contribution is 5.66. The number of carboxylic acid groups (broad SMARTS) is 1. The topological polar surface area (TPSA) is 334 Å². The number of carboxylic acids is 1. The second kappa shape index (κ2) is 25.4. The van der Waals surface area contributed by atoms with Crippen molar-refractivity contribution in [2.45, 2.75) is 233 Å². The molecule has 0 aliphatic carbocycles. The molecule has 0 aromatic heterocycles. The van der Waals surface area contributed by atoms with E-state index in [0.717, 1.165) is 57.8 Å². The molecule has 358 valence electrons. The minimum Gasteiger partial charge on any atom is -0.481 e. The largest absolute Gasteiger partial charge is 0.481 e. The lowest BCUT2D eigenvalue weighted by Crippen LogP contribution is -2.68. The standard InChI is InChI=1S/C40H72O21/c1-4-5-11-14-21(15-12-9-7-6-8-10-13-16-24(43)44)56-39-35(31(51)26(46)20(3)55-39)60-40-36(61-37-32(52)29(49)25(45)19(2)54-37)34(28(48)23(18-42)58-40)59-38-33(53)30(50)27(47)22(17-41)57-38/h19-23,25-42,45-53H,4-18H2,1-3H3,(H,43,44)/t19-,20-,21+,22-,23-,25-,26-,27-,28-,29+,30+,31+,32+,33-,34+,35-,36-,37-,38+,39+,40+/m1/s1. The first-order valence-corrected chi connectivity index (χ1v) is 21.8. The Bertz CT molecular complexity index is 1250. The van der Waals surface area contributed by atoms with Gasteiger partial charge in [-0.3, -0.25) is 4.79 Å². The summed E-state index contributed by atoms with van der Waals surface area (Å²) in [5, 5.41) is 127. The maximum Gasteiger partial charge on any atom is 0.303 e. The minimum absolute atomic E-state index is 0.155. The summed E-state index contributed by atoms with van der Waals surface area (Å²) in [5.41, 5.74) is 0. The fourth-order valence-corrected chi connectivity index (χ4v) is 8.10. The third kappa shape index (κ3) is 14.1. The summed E-state index contributed by atoms with van der Waals surface area (Å²) in [5.74, 6) is -0.802. The Morgan fingerprint density at radius 1 is 0.492 bits per heavy atom. The van der Waals surface area contributed by atoms with Crippen LogP contribution >= 0.6 is 0 Å². The van der Waals surface area contributed by atoms with Gasteiger partial charge in [-0.25, -0.2) is 0 Å². The molecule has 4 saturated heterocycles. The molecule has 61 heavy (non-hydrogen) atoms. The molecule has 0 amide bonds. The number of carbonyl (C=O) groups is 1. The zero-order valence-electron chi connectivity index (χ0n) is 35.3. The molecule has 21 atom stereocenters. The molecule has 0 aromatic rings. The van der Waals surface area contributed by atoms with Gasteiger partial charge in [0.25, 0.3) is 0 Å². The van der Waals surface area contributed by atoms with Crippen LogP contribution < -0.4 is 0 Å². The van der Waals surface area contributed by atoms with Crippen LogP contribution in [0.4, 0.5) is 0 Å². The van der Waals surface area contributed by atoms with Crippen molar-refractivity contribution in [2.75, 3.05) is 13.2 Å². The van der Waals surface area contributed by atoms with E-state index in [9.17, 15) is 61.0 Å². The lowest BCUT2D eigenvalue weighted by atomic mass is 9.95. The van der Waals surface area contributed by atoms with Crippen LogP contribution in [0.25, 0.3) is 0 Å². The Labute approximate surface area is 356 Å². The van der Waals surface area contributed by atoms with E-state index in [-0.39, 0.29) is 12.5 Å². The fraction of sp³-hybridized carbons (Fsp3) is 0.975. The summed E-state index contributed by atoms with van der Waals surface area (Å²) in [6, 6.07) is 0. The number of aliphatic carboxylic acids is 1. The van der Waals surface area contributed by atoms with Crippen molar-refractivity contribution in [3.05, 3.63) is 0 Å². The third-order valence-corrected chi connectivity index (χ3v) is 12.0. The van der Waals surface area contributed by atoms with Crippen LogP contribution in [0.15, 0.2) is 0 Å². The molecule has 0 bridgehead atoms. The summed E-state index contributed by atoms with van der Waals surface area (Å²) < 4.78 is 48.3. The molecule has 0 radical (unpaired) electrons. The molecular weight excluding hydrogens is 816 g/mol. The highest BCUT2D eigenvalue weighted by Crippen LogP contribution is 2.37. The first-order chi connectivity index (χ1) is 29.0. The van der Waals surface area contributed by atoms with E-state index in [1.54, 1.807) is 0 Å². The Hall–Kier alpha value is -1.29. The average molecular weight is 889 g/mol. The molecule has 4 aliphatic rings. The van der Waals surface area contributed by atoms with Gasteiger partial charge in [0.05, 0.1) is 31.5 Å². The van der Waals surface area contributed by atoms with E-state index in [1.165, 1.54) is 13.8 Å². The van der Waals surface area contributed by atoms with Crippen LogP contribution in [0.5, 0.6) is 0 Å². The van der Waals surface area contributed by atoms with Gasteiger partial charge in [-0.05, 0) is 33.1 Å². The predicted octanol–water partition coefficient (Wildman–Crippen LogP) is -2.12. The summed E-state index contributed by atoms with van der Waals surface area (Å²) >= 11 is 0. The first-order valence-electron chi connectivity index (χ1n) is 21.8. The van der Waals surface area contributed by atoms with Gasteiger partial charge in [-0.2, -0.15) is 0 Å². The second-order valence-corrected chi connectivity index (χ2v) is 16.7. The predicted molar refractivity (Wildman–Crippen MR) is 207 cm³/mol. The number of ether oxygens (including phenoxy) is 8. The molecule has 0 saturated carbocycles. The van der Waals surface area contributed by atoms with Crippen LogP contribution in [0.2, 0.25) is 0 Å². The Morgan fingerprint density at radius 2 is 0.951 bits per heavy atom. The lowest BCUT2D eigenvalue weighted by Gasteiger charge is -2.50. The van der Waals surface area contributed by atoms with Gasteiger partial charge in [-0.1, -0.05) is 64.7 Å². The van der Waals surface area contributed by atoms with Gasteiger partial charge in [0.15, 0.2) is 25.2 Å². The van der Waals surface area contributed by atoms with Gasteiger partial charge in [0.2, 0.25) is 0 Å². The molecule has 12 N–H and O–H groups in total. The molecule has 4 aliphatic heterocycles. The monoisotopic (exact) mass is 888 g/mol. The average Bonchev–Trinajstić information content (AvgIpc) is 3.23. The van der Waals surface area contributed by atoms with Crippen molar-refractivity contribution in [3.8, 4) is 0 Å². The maximum atomic E-state index is 11.5. The van der Waals surface area contributed by atoms with Crippen molar-refractivity contribution >= 4 is 5.97 Å². The van der Waals surface area contributed by atoms with Crippen molar-refractivity contribution in [3.63, 3.8) is 0 Å². The SMILES string of the molecule is CCCCC[C@@H](CCCCCCCCCC(=O)O)O[C@@H]1O[C@H](C)[C@@H](O)[C@H](O)[C@H]1O[C@@H]1O[C@H](CO)[C@@H](O)[C@H](O[C@@H]2O[C@H](CO)[C@@H](O)[C@H](O)[C@H]2O)[C@H]1O[C@H]1O[C@H](C)[C@@H](O)[C@H](O)[C@@H]1O. The van der Waals surface area contributed by atoms with Gasteiger partial charge in [-0.15, -0.1) is 0 Å². The minimum atomic E-state index is -1.97. The number of aliphatic hydroxyl groups excluding tert-OH is 11. The Morgan fingerprint density at radius 3 is 1.54 bits per heavy atom. The van der Waals surface area contributed by atoms with E-state index in [4.69, 9.17) is 43.0 Å². The van der Waals surface area contributed by atoms with Crippen molar-refractivity contribution < 1.29 is 104 Å². The number of unbranched alkanes of at least 4 members (excludes halogenated alkanes) is 8. The number of hydrogen-bond acceptors (Lipinski definition) is 20. The van der Waals surface area contributed by atoms with Crippen LogP contribution in [0.3, 0.4) is 0 Å². The normalized spacial score (nSPS) is 42.7. The van der Waals surface area contributed by atoms with Crippen molar-refractivity contribution in [1.82, 2.24) is 0 Å². The van der Waals surface area contributed by atoms with Crippen LogP contribution in [-0.4, -0.2) is 209 Å². The van der Waals surface area contributed by atoms with E-state index in [2.05, 4.69) is 6.92 Å². The molecule has 21 nitrogen and oxygen atoms in total. The zero-order valence-corrected chi connectivity index (χ0v) is 35.3. The van der Waals surface area contributed by atoms with Crippen LogP contribution in [0, 0.1) is 0 Å². The van der Waals surface area contributed by atoms with Crippen molar-refractivity contribution in [1.29, 1.82) is 0 Å². The summed E-state index contributed by atoms with van der Waals surface area (Å²) in [6.07, 6.45) is -23.2. The zero-order chi connectivity index (χ0) is 45.0. The molecule has 0 aromatic carbocycles. The molecule has 4 fully saturated rings. The molecular formula is C40H72O21. The summed E-state index contributed by atoms with van der Waals surface area (Å²) in [6.45, 7) is 3.32. The first kappa shape index (κ1) is 52.3. The van der Waals surface area contributed by atoms with Crippen LogP contribution in [0.1, 0.15) is 104 Å². The Kier molecular flexibility index (Phi) is 21.8. The number of rotatable bonds is 24. The van der Waals surface area contributed by atoms with Crippen LogP contribution in [-0.2, 0) is 42.7 Å². The highest BCUT2D eigenvalue weighted by Gasteiger charge is 2.56. The second-order valence-electron chi connectivity index (χ2n) is 16.7. The van der Waals surface area contributed by atoms with Gasteiger partial charge in [0.1, 0.15) is 85.5 Å². The highest BCUT2D eigenvalue weighted by atomic mass is 16.8. The molecule has 4 heterocycles. The summed E-state index contributed by atoms with van der Waals surface area (Å²) in [4.78, 5) is 10.8. The van der Waals surface area contributed by atoms with E-state index in [0.29, 0.717) is 19.3 Å².